The molecule has 0 aromatic heterocycles. The van der Waals surface area contributed by atoms with Crippen LogP contribution in [0, 0.1) is 0 Å². The Morgan fingerprint density at radius 2 is 2.05 bits per heavy atom. The predicted octanol–water partition coefficient (Wildman–Crippen LogP) is 1.50. The molecule has 108 valence electrons. The molecule has 0 unspecified atom stereocenters. The van der Waals surface area contributed by atoms with Crippen molar-refractivity contribution < 1.29 is 14.3 Å². The van der Waals surface area contributed by atoms with Crippen LogP contribution >= 0.6 is 12.2 Å². The van der Waals surface area contributed by atoms with Gasteiger partial charge < -0.3 is 14.8 Å². The lowest BCUT2D eigenvalue weighted by atomic mass is 10.2. The zero-order chi connectivity index (χ0) is 14.8. The van der Waals surface area contributed by atoms with E-state index in [0.29, 0.717) is 31.1 Å². The number of ether oxygens (including phenoxy) is 2. The minimum Gasteiger partial charge on any atom is -0.491 e. The molecular weight excluding hydrogens is 276 g/mol. The molecule has 1 aromatic rings. The van der Waals surface area contributed by atoms with Crippen molar-refractivity contribution in [2.75, 3.05) is 26.9 Å². The SMILES string of the molecule is C=CCNC(=S)NC(=O)c1ccc(OCCOC)cc1. The molecule has 0 bridgehead atoms. The van der Waals surface area contributed by atoms with E-state index in [0.717, 1.165) is 0 Å². The maximum absolute atomic E-state index is 11.9. The van der Waals surface area contributed by atoms with Gasteiger partial charge in [-0.3, -0.25) is 10.1 Å². The first-order valence-electron chi connectivity index (χ1n) is 6.09. The Kier molecular flexibility index (Phi) is 7.31. The number of carbonyl (C=O) groups is 1. The van der Waals surface area contributed by atoms with E-state index in [1.807, 2.05) is 0 Å². The van der Waals surface area contributed by atoms with E-state index in [2.05, 4.69) is 17.2 Å². The summed E-state index contributed by atoms with van der Waals surface area (Å²) in [4.78, 5) is 11.9. The molecule has 0 saturated heterocycles. The van der Waals surface area contributed by atoms with E-state index >= 15 is 0 Å². The van der Waals surface area contributed by atoms with Gasteiger partial charge in [0.15, 0.2) is 5.11 Å². The molecule has 6 heteroatoms. The first-order chi connectivity index (χ1) is 9.67. The van der Waals surface area contributed by atoms with Gasteiger partial charge in [0.2, 0.25) is 0 Å². The van der Waals surface area contributed by atoms with Gasteiger partial charge in [-0.25, -0.2) is 0 Å². The second-order valence-electron chi connectivity index (χ2n) is 3.82. The van der Waals surface area contributed by atoms with Crippen LogP contribution in [0.4, 0.5) is 0 Å². The number of nitrogens with one attached hydrogen (secondary N) is 2. The molecular formula is C14H18N2O3S. The standard InChI is InChI=1S/C14H18N2O3S/c1-3-8-15-14(20)16-13(17)11-4-6-12(7-5-11)19-10-9-18-2/h3-7H,1,8-10H2,2H3,(H2,15,16,17,20). The van der Waals surface area contributed by atoms with Gasteiger partial charge in [-0.15, -0.1) is 6.58 Å². The van der Waals surface area contributed by atoms with Gasteiger partial charge in [0, 0.05) is 19.2 Å². The van der Waals surface area contributed by atoms with E-state index in [9.17, 15) is 4.79 Å². The zero-order valence-corrected chi connectivity index (χ0v) is 12.2. The van der Waals surface area contributed by atoms with Crippen molar-refractivity contribution in [2.45, 2.75) is 0 Å². The van der Waals surface area contributed by atoms with Crippen LogP contribution in [0.2, 0.25) is 0 Å². The highest BCUT2D eigenvalue weighted by Gasteiger charge is 2.07. The van der Waals surface area contributed by atoms with Crippen molar-refractivity contribution in [3.8, 4) is 5.75 Å². The summed E-state index contributed by atoms with van der Waals surface area (Å²) in [7, 11) is 1.61. The third-order valence-electron chi connectivity index (χ3n) is 2.31. The molecule has 0 aliphatic carbocycles. The molecule has 0 heterocycles. The number of methoxy groups -OCH3 is 1. The molecule has 0 saturated carbocycles. The summed E-state index contributed by atoms with van der Waals surface area (Å²) in [5, 5.41) is 5.67. The first-order valence-corrected chi connectivity index (χ1v) is 6.50. The van der Waals surface area contributed by atoms with Crippen molar-refractivity contribution in [3.05, 3.63) is 42.5 Å². The van der Waals surface area contributed by atoms with Crippen LogP contribution < -0.4 is 15.4 Å². The predicted molar refractivity (Wildman–Crippen MR) is 82.1 cm³/mol. The number of hydrogen-bond donors (Lipinski definition) is 2. The van der Waals surface area contributed by atoms with Gasteiger partial charge >= 0.3 is 0 Å². The summed E-state index contributed by atoms with van der Waals surface area (Å²) in [5.74, 6) is 0.418. The smallest absolute Gasteiger partial charge is 0.257 e. The maximum atomic E-state index is 11.9. The van der Waals surface area contributed by atoms with E-state index in [-0.39, 0.29) is 11.0 Å². The summed E-state index contributed by atoms with van der Waals surface area (Å²) in [5.41, 5.74) is 0.506. The average Bonchev–Trinajstić information content (AvgIpc) is 2.46. The van der Waals surface area contributed by atoms with Gasteiger partial charge in [0.25, 0.3) is 5.91 Å². The molecule has 0 atom stereocenters. The maximum Gasteiger partial charge on any atom is 0.257 e. The van der Waals surface area contributed by atoms with Crippen LogP contribution in [0.3, 0.4) is 0 Å². The minimum atomic E-state index is -0.269. The van der Waals surface area contributed by atoms with Crippen LogP contribution in [0.5, 0.6) is 5.75 Å². The second-order valence-corrected chi connectivity index (χ2v) is 4.23. The average molecular weight is 294 g/mol. The van der Waals surface area contributed by atoms with Crippen molar-refractivity contribution in [1.82, 2.24) is 10.6 Å². The quantitative estimate of drug-likeness (QED) is 0.453. The minimum absolute atomic E-state index is 0.269. The Balaban J connectivity index is 2.48. The Labute approximate surface area is 124 Å². The van der Waals surface area contributed by atoms with Crippen molar-refractivity contribution >= 4 is 23.2 Å². The lowest BCUT2D eigenvalue weighted by molar-refractivity contribution is 0.0976. The van der Waals surface area contributed by atoms with E-state index in [1.54, 1.807) is 37.5 Å². The summed E-state index contributed by atoms with van der Waals surface area (Å²) in [6.45, 7) is 5.05. The molecule has 0 spiro atoms. The van der Waals surface area contributed by atoms with Crippen LogP contribution in [0.25, 0.3) is 0 Å². The molecule has 5 nitrogen and oxygen atoms in total. The Hall–Kier alpha value is -1.92. The number of rotatable bonds is 7. The van der Waals surface area contributed by atoms with E-state index in [4.69, 9.17) is 21.7 Å². The monoisotopic (exact) mass is 294 g/mol. The molecule has 2 N–H and O–H groups in total. The number of carbonyl (C=O) groups excluding carboxylic acids is 1. The van der Waals surface area contributed by atoms with E-state index < -0.39 is 0 Å². The molecule has 1 amide bonds. The summed E-state index contributed by atoms with van der Waals surface area (Å²) in [6, 6.07) is 6.80. The van der Waals surface area contributed by atoms with Gasteiger partial charge in [-0.05, 0) is 36.5 Å². The largest absolute Gasteiger partial charge is 0.491 e. The highest BCUT2D eigenvalue weighted by Crippen LogP contribution is 2.12. The zero-order valence-electron chi connectivity index (χ0n) is 11.3. The molecule has 0 aliphatic rings. The third kappa shape index (κ3) is 5.81. The Morgan fingerprint density at radius 1 is 1.35 bits per heavy atom. The van der Waals surface area contributed by atoms with Gasteiger partial charge in [-0.2, -0.15) is 0 Å². The van der Waals surface area contributed by atoms with Crippen LogP contribution in [-0.4, -0.2) is 37.9 Å². The highest BCUT2D eigenvalue weighted by molar-refractivity contribution is 7.80. The van der Waals surface area contributed by atoms with Gasteiger partial charge in [0.05, 0.1) is 6.61 Å². The van der Waals surface area contributed by atoms with E-state index in [1.165, 1.54) is 0 Å². The Bertz CT molecular complexity index is 460. The van der Waals surface area contributed by atoms with Gasteiger partial charge in [-0.1, -0.05) is 6.08 Å². The fourth-order valence-electron chi connectivity index (χ4n) is 1.33. The molecule has 0 radical (unpaired) electrons. The number of amides is 1. The third-order valence-corrected chi connectivity index (χ3v) is 2.55. The molecule has 0 aliphatic heterocycles. The fraction of sp³-hybridized carbons (Fsp3) is 0.286. The summed E-state index contributed by atoms with van der Waals surface area (Å²) >= 11 is 4.96. The van der Waals surface area contributed by atoms with Gasteiger partial charge in [0.1, 0.15) is 12.4 Å². The van der Waals surface area contributed by atoms with Crippen LogP contribution in [0.1, 0.15) is 10.4 Å². The molecule has 1 rings (SSSR count). The number of thiocarbonyl (C=S) groups is 1. The van der Waals surface area contributed by atoms with Crippen LogP contribution in [0.15, 0.2) is 36.9 Å². The summed E-state index contributed by atoms with van der Waals surface area (Å²) < 4.78 is 10.3. The van der Waals surface area contributed by atoms with Crippen molar-refractivity contribution in [2.24, 2.45) is 0 Å². The number of benzene rings is 1. The Morgan fingerprint density at radius 3 is 2.65 bits per heavy atom. The molecule has 0 fully saturated rings. The first kappa shape index (κ1) is 16.1. The fourth-order valence-corrected chi connectivity index (χ4v) is 1.51. The summed E-state index contributed by atoms with van der Waals surface area (Å²) in [6.07, 6.45) is 1.66. The van der Waals surface area contributed by atoms with Crippen molar-refractivity contribution in [3.63, 3.8) is 0 Å². The lowest BCUT2D eigenvalue weighted by Crippen LogP contribution is -2.39. The van der Waals surface area contributed by atoms with Crippen LogP contribution in [-0.2, 0) is 4.74 Å². The highest BCUT2D eigenvalue weighted by atomic mass is 32.1. The molecule has 1 aromatic carbocycles. The topological polar surface area (TPSA) is 59.6 Å². The number of hydrogen-bond acceptors (Lipinski definition) is 4. The second kappa shape index (κ2) is 9.06. The normalized spacial score (nSPS) is 9.65. The lowest BCUT2D eigenvalue weighted by Gasteiger charge is -2.09. The molecule has 20 heavy (non-hydrogen) atoms. The van der Waals surface area contributed by atoms with Crippen molar-refractivity contribution in [1.29, 1.82) is 0 Å².